The summed E-state index contributed by atoms with van der Waals surface area (Å²) >= 11 is 0. The molecule has 0 fully saturated rings. The lowest BCUT2D eigenvalue weighted by molar-refractivity contribution is -0.150. The quantitative estimate of drug-likeness (QED) is 0.190. The summed E-state index contributed by atoms with van der Waals surface area (Å²) in [4.78, 5) is 20.8. The van der Waals surface area contributed by atoms with Gasteiger partial charge in [0.15, 0.2) is 23.9 Å². The van der Waals surface area contributed by atoms with Crippen LogP contribution in [0, 0.1) is 29.2 Å². The number of nitrogens with two attached hydrogens (primary N) is 1. The number of fused-ring (bicyclic) bond motifs is 1. The second-order valence-electron chi connectivity index (χ2n) is 9.62. The van der Waals surface area contributed by atoms with Crippen LogP contribution in [0.3, 0.4) is 0 Å². The molecule has 2 aromatic carbocycles. The van der Waals surface area contributed by atoms with E-state index in [1.165, 1.54) is 0 Å². The van der Waals surface area contributed by atoms with Crippen LogP contribution in [0.25, 0.3) is 22.3 Å². The van der Waals surface area contributed by atoms with Crippen LogP contribution in [0.5, 0.6) is 11.8 Å². The van der Waals surface area contributed by atoms with Gasteiger partial charge in [0.1, 0.15) is 44.8 Å². The predicted octanol–water partition coefficient (Wildman–Crippen LogP) is 3.78. The van der Waals surface area contributed by atoms with Crippen molar-refractivity contribution >= 4 is 32.7 Å². The molecule has 0 spiro atoms. The maximum Gasteiger partial charge on any atom is 0.326 e. The third kappa shape index (κ3) is 7.12. The minimum atomic E-state index is -3.44. The van der Waals surface area contributed by atoms with Crippen LogP contribution in [-0.4, -0.2) is 58.7 Å². The molecule has 16 heteroatoms. The number of carbonyl (C=O) groups excluding carboxylic acids is 1. The average Bonchev–Trinajstić information content (AvgIpc) is 3.27. The van der Waals surface area contributed by atoms with Crippen molar-refractivity contribution in [1.82, 2.24) is 19.7 Å². The maximum absolute atomic E-state index is 14.9. The first kappa shape index (κ1) is 30.6. The fraction of sp³-hybridized carbons (Fsp3) is 0.308. The van der Waals surface area contributed by atoms with Gasteiger partial charge in [-0.3, -0.25) is 4.79 Å². The maximum atomic E-state index is 14.9. The number of sulfone groups is 1. The molecule has 2 heterocycles. The summed E-state index contributed by atoms with van der Waals surface area (Å²) in [6.45, 7) is 2.64. The largest absolute Gasteiger partial charge is 0.441 e. The summed E-state index contributed by atoms with van der Waals surface area (Å²) in [5, 5.41) is 7.05. The van der Waals surface area contributed by atoms with E-state index >= 15 is 0 Å². The van der Waals surface area contributed by atoms with Crippen LogP contribution in [-0.2, 0) is 26.1 Å². The molecule has 0 bridgehead atoms. The number of ether oxygens (including phenoxy) is 2. The number of benzene rings is 2. The van der Waals surface area contributed by atoms with Gasteiger partial charge in [-0.25, -0.2) is 30.7 Å². The van der Waals surface area contributed by atoms with Crippen LogP contribution in [0.15, 0.2) is 36.4 Å². The molecule has 0 saturated carbocycles. The Kier molecular flexibility index (Phi) is 8.96. The Morgan fingerprint density at radius 1 is 1.05 bits per heavy atom. The number of esters is 1. The van der Waals surface area contributed by atoms with E-state index in [2.05, 4.69) is 20.4 Å². The molecule has 0 aliphatic rings. The molecule has 3 N–H and O–H groups in total. The van der Waals surface area contributed by atoms with Gasteiger partial charge in [-0.15, -0.1) is 0 Å². The van der Waals surface area contributed by atoms with Crippen molar-refractivity contribution in [2.24, 2.45) is 11.7 Å². The standard InChI is InChI=1S/C26H26F4N6O5S/c1-13(2)21(31)25(37)40-12-36-24-20(22(35-36)16-10-14(27)4-6-17(16)29)23(32-8-9-42(3,38)39)33-26(34-24)41-19-7-5-15(28)11-18(19)30/h4-7,10-11,13,21H,8-9,12,31H2,1-3H3,(H,32,33,34)/t21-/m0/s1. The Hall–Kier alpha value is -4.31. The van der Waals surface area contributed by atoms with Gasteiger partial charge in [0.05, 0.1) is 11.1 Å². The van der Waals surface area contributed by atoms with Crippen molar-refractivity contribution in [2.45, 2.75) is 26.6 Å². The van der Waals surface area contributed by atoms with E-state index in [4.69, 9.17) is 15.2 Å². The molecule has 4 rings (SSSR count). The van der Waals surface area contributed by atoms with Gasteiger partial charge in [0.2, 0.25) is 0 Å². The molecule has 1 atom stereocenters. The van der Waals surface area contributed by atoms with Gasteiger partial charge in [0, 0.05) is 24.4 Å². The van der Waals surface area contributed by atoms with Crippen LogP contribution in [0.2, 0.25) is 0 Å². The Balaban J connectivity index is 1.90. The lowest BCUT2D eigenvalue weighted by Crippen LogP contribution is -2.37. The van der Waals surface area contributed by atoms with E-state index in [1.54, 1.807) is 13.8 Å². The molecule has 4 aromatic rings. The second-order valence-corrected chi connectivity index (χ2v) is 11.9. The van der Waals surface area contributed by atoms with Crippen LogP contribution < -0.4 is 15.8 Å². The number of hydrogen-bond acceptors (Lipinski definition) is 10. The van der Waals surface area contributed by atoms with E-state index in [0.29, 0.717) is 6.07 Å². The summed E-state index contributed by atoms with van der Waals surface area (Å²) in [6, 6.07) is 3.68. The van der Waals surface area contributed by atoms with Crippen molar-refractivity contribution in [1.29, 1.82) is 0 Å². The van der Waals surface area contributed by atoms with Crippen LogP contribution in [0.1, 0.15) is 13.8 Å². The molecule has 0 aliphatic heterocycles. The highest BCUT2D eigenvalue weighted by Crippen LogP contribution is 2.36. The van der Waals surface area contributed by atoms with E-state index in [9.17, 15) is 30.8 Å². The molecule has 2 aromatic heterocycles. The highest BCUT2D eigenvalue weighted by Gasteiger charge is 2.25. The van der Waals surface area contributed by atoms with Gasteiger partial charge in [0.25, 0.3) is 0 Å². The number of anilines is 1. The minimum absolute atomic E-state index is 0.0239. The minimum Gasteiger partial charge on any atom is -0.441 e. The third-order valence-corrected chi connectivity index (χ3v) is 6.88. The molecular formula is C26H26F4N6O5S. The zero-order valence-corrected chi connectivity index (χ0v) is 23.4. The zero-order valence-electron chi connectivity index (χ0n) is 22.6. The van der Waals surface area contributed by atoms with Gasteiger partial charge in [-0.05, 0) is 36.2 Å². The van der Waals surface area contributed by atoms with Crippen molar-refractivity contribution in [3.63, 3.8) is 0 Å². The zero-order chi connectivity index (χ0) is 30.8. The fourth-order valence-electron chi connectivity index (χ4n) is 3.69. The van der Waals surface area contributed by atoms with Gasteiger partial charge in [-0.1, -0.05) is 13.8 Å². The SMILES string of the molecule is CC(C)[C@H](N)C(=O)OCn1nc(-c2cc(F)ccc2F)c2c(NCCS(C)(=O)=O)nc(Oc3ccc(F)cc3F)nc21. The number of nitrogens with zero attached hydrogens (tertiary/aromatic N) is 4. The summed E-state index contributed by atoms with van der Waals surface area (Å²) < 4.78 is 92.1. The normalized spacial score (nSPS) is 12.5. The monoisotopic (exact) mass is 610 g/mol. The number of halogens is 4. The molecule has 0 saturated heterocycles. The van der Waals surface area contributed by atoms with E-state index in [1.807, 2.05) is 0 Å². The summed E-state index contributed by atoms with van der Waals surface area (Å²) in [6.07, 6.45) is 1.01. The highest BCUT2D eigenvalue weighted by atomic mass is 32.2. The number of nitrogens with one attached hydrogen (secondary N) is 1. The number of hydrogen-bond donors (Lipinski definition) is 2. The Labute approximate surface area is 237 Å². The predicted molar refractivity (Wildman–Crippen MR) is 144 cm³/mol. The molecular weight excluding hydrogens is 584 g/mol. The van der Waals surface area contributed by atoms with E-state index in [-0.39, 0.29) is 46.3 Å². The summed E-state index contributed by atoms with van der Waals surface area (Å²) in [7, 11) is -3.44. The summed E-state index contributed by atoms with van der Waals surface area (Å²) in [5.41, 5.74) is 5.22. The Bertz CT molecular complexity index is 1750. The van der Waals surface area contributed by atoms with E-state index in [0.717, 1.165) is 41.3 Å². The second kappa shape index (κ2) is 12.3. The van der Waals surface area contributed by atoms with Gasteiger partial charge >= 0.3 is 12.0 Å². The first-order chi connectivity index (χ1) is 19.7. The molecule has 224 valence electrons. The first-order valence-corrected chi connectivity index (χ1v) is 14.5. The lowest BCUT2D eigenvalue weighted by atomic mass is 10.1. The molecule has 11 nitrogen and oxygen atoms in total. The topological polar surface area (TPSA) is 151 Å². The van der Waals surface area contributed by atoms with Crippen molar-refractivity contribution < 1.29 is 40.2 Å². The van der Waals surface area contributed by atoms with Crippen molar-refractivity contribution in [2.75, 3.05) is 23.9 Å². The van der Waals surface area contributed by atoms with Gasteiger partial charge < -0.3 is 20.5 Å². The Morgan fingerprint density at radius 3 is 2.40 bits per heavy atom. The average molecular weight is 611 g/mol. The molecule has 0 radical (unpaired) electrons. The first-order valence-electron chi connectivity index (χ1n) is 12.4. The Morgan fingerprint density at radius 2 is 1.74 bits per heavy atom. The smallest absolute Gasteiger partial charge is 0.326 e. The molecule has 0 aliphatic carbocycles. The lowest BCUT2D eigenvalue weighted by Gasteiger charge is -2.14. The summed E-state index contributed by atoms with van der Waals surface area (Å²) in [5.74, 6) is -5.56. The number of aromatic nitrogens is 4. The highest BCUT2D eigenvalue weighted by molar-refractivity contribution is 7.90. The van der Waals surface area contributed by atoms with Gasteiger partial charge in [-0.2, -0.15) is 15.1 Å². The number of carbonyl (C=O) groups is 1. The fourth-order valence-corrected chi connectivity index (χ4v) is 4.16. The molecule has 42 heavy (non-hydrogen) atoms. The van der Waals surface area contributed by atoms with Crippen LogP contribution >= 0.6 is 0 Å². The molecule has 0 amide bonds. The molecule has 0 unspecified atom stereocenters. The van der Waals surface area contributed by atoms with Crippen LogP contribution in [0.4, 0.5) is 23.4 Å². The van der Waals surface area contributed by atoms with E-state index < -0.39 is 63.6 Å². The number of rotatable bonds is 11. The third-order valence-electron chi connectivity index (χ3n) is 5.93. The van der Waals surface area contributed by atoms with Crippen molar-refractivity contribution in [3.05, 3.63) is 59.7 Å². The van der Waals surface area contributed by atoms with Crippen molar-refractivity contribution in [3.8, 4) is 23.0 Å².